The van der Waals surface area contributed by atoms with Gasteiger partial charge in [-0.05, 0) is 18.6 Å². The summed E-state index contributed by atoms with van der Waals surface area (Å²) < 4.78 is 0. The molecular formula is C10H13ClN2O. The number of halogens is 1. The number of amides is 1. The summed E-state index contributed by atoms with van der Waals surface area (Å²) in [6.07, 6.45) is 4.01. The third-order valence-electron chi connectivity index (χ3n) is 1.85. The van der Waals surface area contributed by atoms with Crippen LogP contribution in [0.5, 0.6) is 0 Å². The van der Waals surface area contributed by atoms with E-state index in [0.29, 0.717) is 12.1 Å². The predicted molar refractivity (Wildman–Crippen MR) is 56.5 cm³/mol. The first-order valence-electron chi connectivity index (χ1n) is 4.56. The quantitative estimate of drug-likeness (QED) is 0.774. The molecule has 0 spiro atoms. The van der Waals surface area contributed by atoms with E-state index < -0.39 is 0 Å². The van der Waals surface area contributed by atoms with E-state index in [9.17, 15) is 4.79 Å². The summed E-state index contributed by atoms with van der Waals surface area (Å²) in [5, 5.41) is 2.73. The van der Waals surface area contributed by atoms with Crippen molar-refractivity contribution in [2.45, 2.75) is 18.7 Å². The minimum Gasteiger partial charge on any atom is -0.351 e. The fraction of sp³-hybridized carbons (Fsp3) is 0.400. The van der Waals surface area contributed by atoms with Crippen molar-refractivity contribution in [2.24, 2.45) is 0 Å². The summed E-state index contributed by atoms with van der Waals surface area (Å²) in [7, 11) is 0. The monoisotopic (exact) mass is 212 g/mol. The van der Waals surface area contributed by atoms with Gasteiger partial charge in [0.05, 0.1) is 10.9 Å². The van der Waals surface area contributed by atoms with Gasteiger partial charge in [0.25, 0.3) is 5.91 Å². The van der Waals surface area contributed by atoms with Gasteiger partial charge in [-0.25, -0.2) is 0 Å². The normalized spacial score (nSPS) is 12.1. The fourth-order valence-corrected chi connectivity index (χ4v) is 1.02. The molecule has 0 aromatic carbocycles. The highest BCUT2D eigenvalue weighted by molar-refractivity contribution is 6.20. The second-order valence-electron chi connectivity index (χ2n) is 2.96. The maximum Gasteiger partial charge on any atom is 0.252 e. The fourth-order valence-electron chi connectivity index (χ4n) is 0.947. The Balaban J connectivity index is 2.44. The summed E-state index contributed by atoms with van der Waals surface area (Å²) in [6, 6.07) is 3.45. The molecule has 1 unspecified atom stereocenters. The van der Waals surface area contributed by atoms with E-state index in [2.05, 4.69) is 10.3 Å². The molecule has 0 aliphatic rings. The van der Waals surface area contributed by atoms with E-state index in [1.807, 2.05) is 6.92 Å². The van der Waals surface area contributed by atoms with Gasteiger partial charge in [0.2, 0.25) is 0 Å². The van der Waals surface area contributed by atoms with Crippen molar-refractivity contribution in [1.82, 2.24) is 10.3 Å². The molecule has 1 N–H and O–H groups in total. The minimum atomic E-state index is -0.128. The largest absolute Gasteiger partial charge is 0.351 e. The van der Waals surface area contributed by atoms with Crippen LogP contribution < -0.4 is 5.32 Å². The van der Waals surface area contributed by atoms with Crippen molar-refractivity contribution in [3.05, 3.63) is 30.1 Å². The van der Waals surface area contributed by atoms with Crippen LogP contribution in [0.15, 0.2) is 24.5 Å². The van der Waals surface area contributed by atoms with Crippen LogP contribution in [0.4, 0.5) is 0 Å². The Morgan fingerprint density at radius 3 is 3.07 bits per heavy atom. The summed E-state index contributed by atoms with van der Waals surface area (Å²) in [6.45, 7) is 2.47. The second-order valence-corrected chi connectivity index (χ2v) is 3.57. The Labute approximate surface area is 88.5 Å². The molecule has 76 valence electrons. The molecule has 1 atom stereocenters. The molecule has 0 bridgehead atoms. The van der Waals surface area contributed by atoms with Gasteiger partial charge in [0.1, 0.15) is 0 Å². The topological polar surface area (TPSA) is 42.0 Å². The van der Waals surface area contributed by atoms with Crippen LogP contribution in [-0.4, -0.2) is 22.8 Å². The van der Waals surface area contributed by atoms with Crippen molar-refractivity contribution in [3.8, 4) is 0 Å². The molecule has 1 heterocycles. The van der Waals surface area contributed by atoms with Gasteiger partial charge in [-0.2, -0.15) is 0 Å². The molecule has 1 amide bonds. The molecule has 1 aromatic heterocycles. The third kappa shape index (κ3) is 3.34. The lowest BCUT2D eigenvalue weighted by Crippen LogP contribution is -2.29. The summed E-state index contributed by atoms with van der Waals surface area (Å²) in [5.41, 5.74) is 0.562. The van der Waals surface area contributed by atoms with E-state index in [1.165, 1.54) is 6.20 Å². The van der Waals surface area contributed by atoms with Crippen molar-refractivity contribution in [1.29, 1.82) is 0 Å². The molecule has 0 radical (unpaired) electrons. The summed E-state index contributed by atoms with van der Waals surface area (Å²) >= 11 is 5.87. The zero-order valence-electron chi connectivity index (χ0n) is 8.03. The Morgan fingerprint density at radius 1 is 1.71 bits per heavy atom. The van der Waals surface area contributed by atoms with Crippen molar-refractivity contribution >= 4 is 17.5 Å². The number of nitrogens with one attached hydrogen (secondary N) is 1. The van der Waals surface area contributed by atoms with Gasteiger partial charge in [0, 0.05) is 18.9 Å². The van der Waals surface area contributed by atoms with E-state index in [-0.39, 0.29) is 11.3 Å². The van der Waals surface area contributed by atoms with Gasteiger partial charge in [-0.15, -0.1) is 11.6 Å². The first-order valence-corrected chi connectivity index (χ1v) is 5.00. The highest BCUT2D eigenvalue weighted by Gasteiger charge is 2.06. The van der Waals surface area contributed by atoms with Gasteiger partial charge in [-0.1, -0.05) is 6.92 Å². The van der Waals surface area contributed by atoms with Crippen molar-refractivity contribution in [3.63, 3.8) is 0 Å². The summed E-state index contributed by atoms with van der Waals surface area (Å²) in [4.78, 5) is 15.3. The number of hydrogen-bond acceptors (Lipinski definition) is 2. The van der Waals surface area contributed by atoms with E-state index >= 15 is 0 Å². The Kier molecular flexibility index (Phi) is 4.40. The number of rotatable bonds is 4. The average Bonchev–Trinajstić information content (AvgIpc) is 2.26. The number of nitrogens with zero attached hydrogens (tertiary/aromatic N) is 1. The molecule has 0 saturated heterocycles. The molecule has 0 fully saturated rings. The van der Waals surface area contributed by atoms with Gasteiger partial charge in [0.15, 0.2) is 0 Å². The molecule has 1 rings (SSSR count). The zero-order valence-corrected chi connectivity index (χ0v) is 8.79. The number of hydrogen-bond donors (Lipinski definition) is 1. The lowest BCUT2D eigenvalue weighted by molar-refractivity contribution is 0.0953. The lowest BCUT2D eigenvalue weighted by atomic mass is 10.2. The molecule has 1 aromatic rings. The number of pyridine rings is 1. The number of carbonyl (C=O) groups excluding carboxylic acids is 1. The van der Waals surface area contributed by atoms with Crippen molar-refractivity contribution < 1.29 is 4.79 Å². The zero-order chi connectivity index (χ0) is 10.4. The van der Waals surface area contributed by atoms with Crippen LogP contribution in [0.25, 0.3) is 0 Å². The predicted octanol–water partition coefficient (Wildman–Crippen LogP) is 1.83. The number of alkyl halides is 1. The Morgan fingerprint density at radius 2 is 2.50 bits per heavy atom. The van der Waals surface area contributed by atoms with E-state index in [4.69, 9.17) is 11.6 Å². The van der Waals surface area contributed by atoms with E-state index in [0.717, 1.165) is 6.42 Å². The molecule has 14 heavy (non-hydrogen) atoms. The maximum absolute atomic E-state index is 11.5. The molecule has 4 heteroatoms. The highest BCUT2D eigenvalue weighted by atomic mass is 35.5. The molecule has 3 nitrogen and oxygen atoms in total. The molecule has 0 saturated carbocycles. The molecular weight excluding hydrogens is 200 g/mol. The average molecular weight is 213 g/mol. The maximum atomic E-state index is 11.5. The van der Waals surface area contributed by atoms with Crippen LogP contribution in [0.3, 0.4) is 0 Å². The standard InChI is InChI=1S/C10H13ClN2O/c1-2-9(11)7-13-10(14)8-4-3-5-12-6-8/h3-6,9H,2,7H2,1H3,(H,13,14). The second kappa shape index (κ2) is 5.60. The van der Waals surface area contributed by atoms with Crippen LogP contribution in [0, 0.1) is 0 Å². The third-order valence-corrected chi connectivity index (χ3v) is 2.31. The van der Waals surface area contributed by atoms with Crippen LogP contribution in [0.1, 0.15) is 23.7 Å². The van der Waals surface area contributed by atoms with Crippen LogP contribution >= 0.6 is 11.6 Å². The smallest absolute Gasteiger partial charge is 0.252 e. The van der Waals surface area contributed by atoms with Gasteiger partial charge < -0.3 is 5.32 Å². The van der Waals surface area contributed by atoms with Gasteiger partial charge >= 0.3 is 0 Å². The molecule has 0 aliphatic heterocycles. The van der Waals surface area contributed by atoms with Crippen molar-refractivity contribution in [2.75, 3.05) is 6.54 Å². The number of aromatic nitrogens is 1. The minimum absolute atomic E-state index is 0.00405. The van der Waals surface area contributed by atoms with Crippen LogP contribution in [0.2, 0.25) is 0 Å². The SMILES string of the molecule is CCC(Cl)CNC(=O)c1cccnc1. The first-order chi connectivity index (χ1) is 6.74. The van der Waals surface area contributed by atoms with E-state index in [1.54, 1.807) is 18.3 Å². The van der Waals surface area contributed by atoms with Crippen LogP contribution in [-0.2, 0) is 0 Å². The molecule has 0 aliphatic carbocycles. The number of carbonyl (C=O) groups is 1. The summed E-state index contributed by atoms with van der Waals surface area (Å²) in [5.74, 6) is -0.128. The lowest BCUT2D eigenvalue weighted by Gasteiger charge is -2.07. The van der Waals surface area contributed by atoms with Gasteiger partial charge in [-0.3, -0.25) is 9.78 Å². The highest BCUT2D eigenvalue weighted by Crippen LogP contribution is 2.00. The Bertz CT molecular complexity index is 289. The Hall–Kier alpha value is -1.09. The first kappa shape index (κ1) is 11.0.